The fraction of sp³-hybridized carbons (Fsp3) is 0.500. The van der Waals surface area contributed by atoms with E-state index < -0.39 is 0 Å². The highest BCUT2D eigenvalue weighted by molar-refractivity contribution is 5.63. The van der Waals surface area contributed by atoms with Gasteiger partial charge < -0.3 is 5.32 Å². The lowest BCUT2D eigenvalue weighted by Gasteiger charge is -2.30. The molecule has 96 valence electrons. The summed E-state index contributed by atoms with van der Waals surface area (Å²) in [6, 6.07) is 8.82. The van der Waals surface area contributed by atoms with Gasteiger partial charge in [-0.15, -0.1) is 0 Å². The monoisotopic (exact) mass is 242 g/mol. The zero-order valence-corrected chi connectivity index (χ0v) is 11.5. The Hall–Kier alpha value is -1.28. The molecule has 0 amide bonds. The van der Waals surface area contributed by atoms with Crippen molar-refractivity contribution in [2.75, 3.05) is 18.9 Å². The summed E-state index contributed by atoms with van der Waals surface area (Å²) in [5, 5.41) is 3.71. The normalized spacial score (nSPS) is 29.6. The standard InChI is InChI=1S/C16H22N2/c1-12(2)8-9-16-10-11-18(3)15(16)17-14-7-5-4-6-13(14)16/h4-8,15,17H,9-11H2,1-3H3. The van der Waals surface area contributed by atoms with Crippen LogP contribution in [0.2, 0.25) is 0 Å². The van der Waals surface area contributed by atoms with Gasteiger partial charge in [0.25, 0.3) is 0 Å². The summed E-state index contributed by atoms with van der Waals surface area (Å²) in [5.74, 6) is 0. The van der Waals surface area contributed by atoms with Crippen molar-refractivity contribution in [1.29, 1.82) is 0 Å². The summed E-state index contributed by atoms with van der Waals surface area (Å²) in [5.41, 5.74) is 4.54. The second kappa shape index (κ2) is 4.13. The highest BCUT2D eigenvalue weighted by Crippen LogP contribution is 2.50. The van der Waals surface area contributed by atoms with Crippen molar-refractivity contribution in [3.05, 3.63) is 41.5 Å². The maximum absolute atomic E-state index is 3.71. The second-order valence-corrected chi connectivity index (χ2v) is 5.96. The van der Waals surface area contributed by atoms with E-state index in [9.17, 15) is 0 Å². The Balaban J connectivity index is 2.05. The number of fused-ring (bicyclic) bond motifs is 3. The summed E-state index contributed by atoms with van der Waals surface area (Å²) in [6.45, 7) is 5.57. The number of likely N-dealkylation sites (N-methyl/N-ethyl adjacent to an activating group) is 1. The molecule has 0 spiro atoms. The van der Waals surface area contributed by atoms with Gasteiger partial charge in [0.2, 0.25) is 0 Å². The Labute approximate surface area is 110 Å². The minimum Gasteiger partial charge on any atom is -0.369 e. The second-order valence-electron chi connectivity index (χ2n) is 5.96. The van der Waals surface area contributed by atoms with Gasteiger partial charge in [-0.1, -0.05) is 29.8 Å². The van der Waals surface area contributed by atoms with Crippen molar-refractivity contribution in [3.63, 3.8) is 0 Å². The van der Waals surface area contributed by atoms with Gasteiger partial charge in [-0.05, 0) is 45.4 Å². The molecule has 2 aliphatic rings. The number of rotatable bonds is 2. The van der Waals surface area contributed by atoms with Crippen LogP contribution in [-0.4, -0.2) is 24.7 Å². The molecule has 3 rings (SSSR count). The highest BCUT2D eigenvalue weighted by Gasteiger charge is 2.51. The molecule has 1 N–H and O–H groups in total. The Kier molecular flexibility index (Phi) is 2.70. The van der Waals surface area contributed by atoms with Crippen LogP contribution in [0.25, 0.3) is 0 Å². The van der Waals surface area contributed by atoms with Crippen molar-refractivity contribution in [2.45, 2.75) is 38.3 Å². The maximum atomic E-state index is 3.71. The Morgan fingerprint density at radius 3 is 3.00 bits per heavy atom. The average Bonchev–Trinajstić information content (AvgIpc) is 2.84. The van der Waals surface area contributed by atoms with E-state index in [1.807, 2.05) is 0 Å². The first kappa shape index (κ1) is 11.8. The summed E-state index contributed by atoms with van der Waals surface area (Å²) in [7, 11) is 2.23. The molecule has 0 saturated carbocycles. The SMILES string of the molecule is CC(C)=CCC12CCN(C)C1Nc1ccccc12. The molecule has 18 heavy (non-hydrogen) atoms. The maximum Gasteiger partial charge on any atom is 0.0894 e. The van der Waals surface area contributed by atoms with E-state index in [4.69, 9.17) is 0 Å². The lowest BCUT2D eigenvalue weighted by Crippen LogP contribution is -2.41. The van der Waals surface area contributed by atoms with Crippen LogP contribution in [0.4, 0.5) is 5.69 Å². The fourth-order valence-electron chi connectivity index (χ4n) is 3.49. The van der Waals surface area contributed by atoms with E-state index in [0.29, 0.717) is 6.17 Å². The summed E-state index contributed by atoms with van der Waals surface area (Å²) in [6.07, 6.45) is 5.26. The van der Waals surface area contributed by atoms with Crippen molar-refractivity contribution in [3.8, 4) is 0 Å². The number of hydrogen-bond donors (Lipinski definition) is 1. The van der Waals surface area contributed by atoms with Crippen LogP contribution in [0.15, 0.2) is 35.9 Å². The van der Waals surface area contributed by atoms with Crippen LogP contribution >= 0.6 is 0 Å². The van der Waals surface area contributed by atoms with E-state index in [0.717, 1.165) is 6.42 Å². The third-order valence-electron chi connectivity index (χ3n) is 4.51. The Morgan fingerprint density at radius 1 is 1.44 bits per heavy atom. The van der Waals surface area contributed by atoms with Gasteiger partial charge >= 0.3 is 0 Å². The van der Waals surface area contributed by atoms with Crippen LogP contribution in [0, 0.1) is 0 Å². The van der Waals surface area contributed by atoms with E-state index >= 15 is 0 Å². The predicted octanol–water partition coefficient (Wildman–Crippen LogP) is 3.37. The number of anilines is 1. The summed E-state index contributed by atoms with van der Waals surface area (Å²) in [4.78, 5) is 2.46. The molecule has 1 saturated heterocycles. The van der Waals surface area contributed by atoms with Gasteiger partial charge in [0.1, 0.15) is 0 Å². The van der Waals surface area contributed by atoms with Gasteiger partial charge in [0.15, 0.2) is 0 Å². The molecule has 1 fully saturated rings. The molecule has 0 radical (unpaired) electrons. The predicted molar refractivity (Wildman–Crippen MR) is 76.8 cm³/mol. The van der Waals surface area contributed by atoms with Crippen molar-refractivity contribution < 1.29 is 0 Å². The average molecular weight is 242 g/mol. The number of nitrogens with zero attached hydrogens (tertiary/aromatic N) is 1. The fourth-order valence-corrected chi connectivity index (χ4v) is 3.49. The Bertz CT molecular complexity index is 488. The van der Waals surface area contributed by atoms with Gasteiger partial charge in [-0.2, -0.15) is 0 Å². The smallest absolute Gasteiger partial charge is 0.0894 e. The number of hydrogen-bond acceptors (Lipinski definition) is 2. The van der Waals surface area contributed by atoms with Crippen molar-refractivity contribution in [2.24, 2.45) is 0 Å². The molecule has 2 atom stereocenters. The van der Waals surface area contributed by atoms with E-state index in [1.54, 1.807) is 0 Å². The number of nitrogens with one attached hydrogen (secondary N) is 1. The zero-order valence-electron chi connectivity index (χ0n) is 11.5. The molecule has 2 heterocycles. The van der Waals surface area contributed by atoms with E-state index in [1.165, 1.54) is 29.8 Å². The molecule has 2 nitrogen and oxygen atoms in total. The van der Waals surface area contributed by atoms with Crippen molar-refractivity contribution >= 4 is 5.69 Å². The van der Waals surface area contributed by atoms with Gasteiger partial charge in [-0.3, -0.25) is 4.90 Å². The van der Waals surface area contributed by atoms with Crippen LogP contribution in [-0.2, 0) is 5.41 Å². The number of para-hydroxylation sites is 1. The largest absolute Gasteiger partial charge is 0.369 e. The molecule has 2 unspecified atom stereocenters. The molecule has 1 aromatic carbocycles. The Morgan fingerprint density at radius 2 is 2.22 bits per heavy atom. The van der Waals surface area contributed by atoms with E-state index in [2.05, 4.69) is 61.5 Å². The molecular weight excluding hydrogens is 220 g/mol. The van der Waals surface area contributed by atoms with Crippen LogP contribution in [0.3, 0.4) is 0 Å². The van der Waals surface area contributed by atoms with Crippen LogP contribution < -0.4 is 5.32 Å². The van der Waals surface area contributed by atoms with Crippen molar-refractivity contribution in [1.82, 2.24) is 4.90 Å². The molecule has 0 aliphatic carbocycles. The van der Waals surface area contributed by atoms with Gasteiger partial charge in [0.05, 0.1) is 6.17 Å². The minimum atomic E-state index is 0.280. The quantitative estimate of drug-likeness (QED) is 0.800. The summed E-state index contributed by atoms with van der Waals surface area (Å²) >= 11 is 0. The number of allylic oxidation sites excluding steroid dienone is 2. The first-order valence-corrected chi connectivity index (χ1v) is 6.83. The first-order chi connectivity index (χ1) is 8.63. The third kappa shape index (κ3) is 1.59. The molecule has 2 aliphatic heterocycles. The lowest BCUT2D eigenvalue weighted by molar-refractivity contribution is 0.285. The molecule has 0 bridgehead atoms. The zero-order chi connectivity index (χ0) is 12.8. The molecule has 0 aromatic heterocycles. The minimum absolute atomic E-state index is 0.280. The van der Waals surface area contributed by atoms with Gasteiger partial charge in [-0.25, -0.2) is 0 Å². The highest BCUT2D eigenvalue weighted by atomic mass is 15.3. The van der Waals surface area contributed by atoms with E-state index in [-0.39, 0.29) is 5.41 Å². The molecular formula is C16H22N2. The first-order valence-electron chi connectivity index (χ1n) is 6.83. The number of likely N-dealkylation sites (tertiary alicyclic amines) is 1. The topological polar surface area (TPSA) is 15.3 Å². The number of benzene rings is 1. The lowest BCUT2D eigenvalue weighted by atomic mass is 9.76. The third-order valence-corrected chi connectivity index (χ3v) is 4.51. The van der Waals surface area contributed by atoms with Crippen LogP contribution in [0.5, 0.6) is 0 Å². The molecule has 1 aromatic rings. The van der Waals surface area contributed by atoms with Gasteiger partial charge in [0, 0.05) is 17.6 Å². The molecule has 2 heteroatoms. The van der Waals surface area contributed by atoms with Crippen LogP contribution in [0.1, 0.15) is 32.3 Å². The summed E-state index contributed by atoms with van der Waals surface area (Å²) < 4.78 is 0.